The van der Waals surface area contributed by atoms with Gasteiger partial charge < -0.3 is 8.83 Å². The Bertz CT molecular complexity index is 1220. The fourth-order valence-electron chi connectivity index (χ4n) is 3.19. The average Bonchev–Trinajstić information content (AvgIpc) is 3.31. The first-order valence-electron chi connectivity index (χ1n) is 9.51. The molecule has 0 N–H and O–H groups in total. The van der Waals surface area contributed by atoms with Crippen LogP contribution in [0, 0.1) is 13.8 Å². The van der Waals surface area contributed by atoms with Gasteiger partial charge in [-0.25, -0.2) is 4.98 Å². The second kappa shape index (κ2) is 7.87. The fraction of sp³-hybridized carbons (Fsp3) is 0.333. The summed E-state index contributed by atoms with van der Waals surface area (Å²) in [5.74, 6) is 2.86. The van der Waals surface area contributed by atoms with Gasteiger partial charge in [-0.2, -0.15) is 0 Å². The van der Waals surface area contributed by atoms with E-state index in [9.17, 15) is 4.79 Å². The van der Waals surface area contributed by atoms with Crippen molar-refractivity contribution in [2.45, 2.75) is 51.1 Å². The molecule has 0 radical (unpaired) electrons. The summed E-state index contributed by atoms with van der Waals surface area (Å²) in [4.78, 5) is 17.8. The van der Waals surface area contributed by atoms with Crippen molar-refractivity contribution >= 4 is 22.7 Å². The van der Waals surface area contributed by atoms with Gasteiger partial charge in [-0.15, -0.1) is 10.2 Å². The first kappa shape index (κ1) is 19.4. The van der Waals surface area contributed by atoms with Crippen molar-refractivity contribution in [2.75, 3.05) is 0 Å². The van der Waals surface area contributed by atoms with Crippen molar-refractivity contribution in [3.05, 3.63) is 58.1 Å². The van der Waals surface area contributed by atoms with E-state index < -0.39 is 0 Å². The van der Waals surface area contributed by atoms with Crippen LogP contribution in [0.1, 0.15) is 43.7 Å². The van der Waals surface area contributed by atoms with Crippen LogP contribution in [0.15, 0.2) is 49.1 Å². The molecule has 3 heterocycles. The Balaban J connectivity index is 1.65. The molecule has 1 atom stereocenters. The summed E-state index contributed by atoms with van der Waals surface area (Å²) in [6, 6.07) is 9.34. The lowest BCUT2D eigenvalue weighted by molar-refractivity contribution is 0.467. The minimum Gasteiger partial charge on any atom is -0.466 e. The number of furan rings is 1. The summed E-state index contributed by atoms with van der Waals surface area (Å²) in [6.07, 6.45) is 0.831. The second-order valence-corrected chi connectivity index (χ2v) is 7.90. The Kier molecular flexibility index (Phi) is 5.27. The summed E-state index contributed by atoms with van der Waals surface area (Å²) >= 11 is 1.42. The van der Waals surface area contributed by atoms with Crippen LogP contribution in [-0.2, 0) is 5.75 Å². The van der Waals surface area contributed by atoms with Gasteiger partial charge in [0.05, 0.1) is 22.2 Å². The van der Waals surface area contributed by atoms with Crippen LogP contribution in [0.4, 0.5) is 0 Å². The lowest BCUT2D eigenvalue weighted by atomic mass is 10.2. The number of hydrogen-bond donors (Lipinski definition) is 0. The highest BCUT2D eigenvalue weighted by Crippen LogP contribution is 2.28. The van der Waals surface area contributed by atoms with Gasteiger partial charge in [-0.3, -0.25) is 9.36 Å². The Hall–Kier alpha value is -2.87. The molecule has 0 spiro atoms. The number of aromatic nitrogens is 4. The topological polar surface area (TPSA) is 86.9 Å². The Morgan fingerprint density at radius 2 is 1.97 bits per heavy atom. The molecule has 1 aromatic carbocycles. The lowest BCUT2D eigenvalue weighted by Gasteiger charge is -2.17. The molecular formula is C21H22N4O3S. The maximum absolute atomic E-state index is 13.0. The van der Waals surface area contributed by atoms with E-state index in [1.54, 1.807) is 4.57 Å². The standard InChI is InChI=1S/C21H22N4O3S/c1-5-12(2)25-20(26)15-8-6-7-9-17(15)22-21(25)29-11-18-23-24-19(28-18)16-10-13(3)27-14(16)4/h6-10,12H,5,11H2,1-4H3/t12-/m1/s1. The highest BCUT2D eigenvalue weighted by atomic mass is 32.2. The molecule has 29 heavy (non-hydrogen) atoms. The molecular weight excluding hydrogens is 388 g/mol. The van der Waals surface area contributed by atoms with Gasteiger partial charge in [-0.1, -0.05) is 30.8 Å². The molecule has 4 aromatic rings. The van der Waals surface area contributed by atoms with Crippen LogP contribution in [0.3, 0.4) is 0 Å². The van der Waals surface area contributed by atoms with Crippen molar-refractivity contribution < 1.29 is 8.83 Å². The minimum atomic E-state index is -0.0248. The number of aryl methyl sites for hydroxylation is 2. The SMILES string of the molecule is CC[C@@H](C)n1c(SCc2nnc(-c3cc(C)oc3C)o2)nc2ccccc2c1=O. The fourth-order valence-corrected chi connectivity index (χ4v) is 4.12. The normalized spacial score (nSPS) is 12.6. The van der Waals surface area contributed by atoms with Crippen molar-refractivity contribution in [3.8, 4) is 11.5 Å². The maximum Gasteiger partial charge on any atom is 0.262 e. The smallest absolute Gasteiger partial charge is 0.262 e. The van der Waals surface area contributed by atoms with Gasteiger partial charge in [0.15, 0.2) is 5.16 Å². The molecule has 0 fully saturated rings. The van der Waals surface area contributed by atoms with Crippen LogP contribution in [0.2, 0.25) is 0 Å². The van der Waals surface area contributed by atoms with Gasteiger partial charge in [0.25, 0.3) is 11.4 Å². The van der Waals surface area contributed by atoms with Crippen molar-refractivity contribution in [1.82, 2.24) is 19.7 Å². The molecule has 4 rings (SSSR count). The number of fused-ring (bicyclic) bond motifs is 1. The zero-order valence-electron chi connectivity index (χ0n) is 16.8. The van der Waals surface area contributed by atoms with Crippen LogP contribution < -0.4 is 5.56 Å². The second-order valence-electron chi connectivity index (χ2n) is 6.96. The Labute approximate surface area is 172 Å². The molecule has 0 aliphatic rings. The molecule has 0 aliphatic carbocycles. The maximum atomic E-state index is 13.0. The van der Waals surface area contributed by atoms with Crippen LogP contribution in [0.5, 0.6) is 0 Å². The molecule has 0 amide bonds. The molecule has 0 unspecified atom stereocenters. The summed E-state index contributed by atoms with van der Waals surface area (Å²) in [6.45, 7) is 7.82. The molecule has 0 aliphatic heterocycles. The van der Waals surface area contributed by atoms with E-state index in [1.807, 2.05) is 51.1 Å². The summed E-state index contributed by atoms with van der Waals surface area (Å²) in [5, 5.41) is 9.56. The molecule has 7 nitrogen and oxygen atoms in total. The highest BCUT2D eigenvalue weighted by molar-refractivity contribution is 7.98. The van der Waals surface area contributed by atoms with E-state index in [-0.39, 0.29) is 11.6 Å². The van der Waals surface area contributed by atoms with Gasteiger partial charge in [0.1, 0.15) is 11.5 Å². The third-order valence-electron chi connectivity index (χ3n) is 4.87. The number of hydrogen-bond acceptors (Lipinski definition) is 7. The van der Waals surface area contributed by atoms with E-state index >= 15 is 0 Å². The zero-order chi connectivity index (χ0) is 20.5. The van der Waals surface area contributed by atoms with Gasteiger partial charge in [0.2, 0.25) is 5.89 Å². The quantitative estimate of drug-likeness (QED) is 0.329. The van der Waals surface area contributed by atoms with Gasteiger partial charge in [-0.05, 0) is 45.4 Å². The molecule has 8 heteroatoms. The summed E-state index contributed by atoms with van der Waals surface area (Å²) in [7, 11) is 0. The van der Waals surface area contributed by atoms with Crippen molar-refractivity contribution in [2.24, 2.45) is 0 Å². The van der Waals surface area contributed by atoms with Gasteiger partial charge >= 0.3 is 0 Å². The van der Waals surface area contributed by atoms with E-state index in [2.05, 4.69) is 17.1 Å². The molecule has 0 saturated heterocycles. The van der Waals surface area contributed by atoms with Gasteiger partial charge in [0, 0.05) is 6.04 Å². The predicted octanol–water partition coefficient (Wildman–Crippen LogP) is 4.92. The molecule has 3 aromatic heterocycles. The molecule has 0 saturated carbocycles. The average molecular weight is 410 g/mol. The molecule has 0 bridgehead atoms. The minimum absolute atomic E-state index is 0.0248. The van der Waals surface area contributed by atoms with Crippen LogP contribution in [0.25, 0.3) is 22.4 Å². The first-order valence-corrected chi connectivity index (χ1v) is 10.5. The number of benzene rings is 1. The third-order valence-corrected chi connectivity index (χ3v) is 5.81. The largest absolute Gasteiger partial charge is 0.466 e. The highest BCUT2D eigenvalue weighted by Gasteiger charge is 2.18. The number of rotatable bonds is 6. The van der Waals surface area contributed by atoms with E-state index in [4.69, 9.17) is 13.8 Å². The van der Waals surface area contributed by atoms with E-state index in [1.165, 1.54) is 11.8 Å². The predicted molar refractivity (Wildman–Crippen MR) is 112 cm³/mol. The Morgan fingerprint density at radius 1 is 1.17 bits per heavy atom. The van der Waals surface area contributed by atoms with Crippen molar-refractivity contribution in [3.63, 3.8) is 0 Å². The van der Waals surface area contributed by atoms with E-state index in [0.717, 1.165) is 23.5 Å². The molecule has 150 valence electrons. The monoisotopic (exact) mass is 410 g/mol. The summed E-state index contributed by atoms with van der Waals surface area (Å²) in [5.41, 5.74) is 1.46. The third kappa shape index (κ3) is 3.72. The van der Waals surface area contributed by atoms with Crippen molar-refractivity contribution in [1.29, 1.82) is 0 Å². The van der Waals surface area contributed by atoms with Crippen LogP contribution >= 0.6 is 11.8 Å². The Morgan fingerprint density at radius 3 is 2.69 bits per heavy atom. The van der Waals surface area contributed by atoms with Crippen LogP contribution in [-0.4, -0.2) is 19.7 Å². The number of nitrogens with zero attached hydrogens (tertiary/aromatic N) is 4. The summed E-state index contributed by atoms with van der Waals surface area (Å²) < 4.78 is 13.1. The zero-order valence-corrected chi connectivity index (χ0v) is 17.6. The first-order chi connectivity index (χ1) is 14.0. The lowest BCUT2D eigenvalue weighted by Crippen LogP contribution is -2.26. The number of para-hydroxylation sites is 1. The number of thioether (sulfide) groups is 1. The van der Waals surface area contributed by atoms with E-state index in [0.29, 0.717) is 33.6 Å².